The molecule has 3 aromatic rings. The molecule has 0 aliphatic heterocycles. The topological polar surface area (TPSA) is 97.8 Å². The third-order valence-corrected chi connectivity index (χ3v) is 5.29. The first-order valence-corrected chi connectivity index (χ1v) is 9.64. The Balaban J connectivity index is 1.72. The summed E-state index contributed by atoms with van der Waals surface area (Å²) in [6, 6.07) is 11.4. The number of halogens is 1. The molecule has 1 heterocycles. The van der Waals surface area contributed by atoms with Gasteiger partial charge in [0.1, 0.15) is 27.8 Å². The number of para-hydroxylation sites is 1. The number of aromatic hydroxyl groups is 1. The lowest BCUT2D eigenvalue weighted by Gasteiger charge is -2.09. The fourth-order valence-corrected chi connectivity index (χ4v) is 3.50. The van der Waals surface area contributed by atoms with Gasteiger partial charge in [0.15, 0.2) is 5.75 Å². The molecule has 0 spiro atoms. The van der Waals surface area contributed by atoms with Gasteiger partial charge in [-0.15, -0.1) is 11.3 Å². The van der Waals surface area contributed by atoms with Crippen LogP contribution in [0.3, 0.4) is 0 Å². The largest absolute Gasteiger partial charge is 0.505 e. The van der Waals surface area contributed by atoms with Gasteiger partial charge in [-0.2, -0.15) is 0 Å². The van der Waals surface area contributed by atoms with Crippen LogP contribution in [0.1, 0.15) is 30.7 Å². The highest BCUT2D eigenvalue weighted by atomic mass is 35.5. The lowest BCUT2D eigenvalue weighted by atomic mass is 10.1. The Labute approximate surface area is 175 Å². The maximum Gasteiger partial charge on any atom is 0.341 e. The van der Waals surface area contributed by atoms with E-state index in [0.717, 1.165) is 0 Å². The van der Waals surface area contributed by atoms with Crippen molar-refractivity contribution < 1.29 is 24.2 Å². The number of esters is 1. The number of rotatable bonds is 6. The third kappa shape index (κ3) is 4.85. The Morgan fingerprint density at radius 1 is 1.21 bits per heavy atom. The third-order valence-electron chi connectivity index (χ3n) is 3.91. The number of anilines is 1. The first-order chi connectivity index (χ1) is 13.9. The molecule has 150 valence electrons. The molecule has 2 N–H and O–H groups in total. The van der Waals surface area contributed by atoms with Gasteiger partial charge < -0.3 is 19.9 Å². The second-order valence-electron chi connectivity index (χ2n) is 5.91. The van der Waals surface area contributed by atoms with Crippen LogP contribution in [0.2, 0.25) is 5.02 Å². The summed E-state index contributed by atoms with van der Waals surface area (Å²) in [6.07, 6.45) is 0. The minimum Gasteiger partial charge on any atom is -0.505 e. The number of carbonyl (C=O) groups excluding carboxylic acids is 2. The zero-order valence-corrected chi connectivity index (χ0v) is 17.1. The van der Waals surface area contributed by atoms with E-state index < -0.39 is 11.9 Å². The molecule has 0 atom stereocenters. The van der Waals surface area contributed by atoms with Crippen LogP contribution in [0.25, 0.3) is 0 Å². The predicted octanol–water partition coefficient (Wildman–Crippen LogP) is 4.43. The number of aromatic nitrogens is 1. The van der Waals surface area contributed by atoms with E-state index in [2.05, 4.69) is 15.0 Å². The molecule has 0 aliphatic rings. The van der Waals surface area contributed by atoms with Gasteiger partial charge in [-0.25, -0.2) is 9.78 Å². The first-order valence-electron chi connectivity index (χ1n) is 8.45. The van der Waals surface area contributed by atoms with Gasteiger partial charge in [0.2, 0.25) is 0 Å². The van der Waals surface area contributed by atoms with Gasteiger partial charge in [0.05, 0.1) is 18.5 Å². The van der Waals surface area contributed by atoms with E-state index in [1.54, 1.807) is 31.2 Å². The van der Waals surface area contributed by atoms with E-state index in [4.69, 9.17) is 16.3 Å². The predicted molar refractivity (Wildman–Crippen MR) is 110 cm³/mol. The van der Waals surface area contributed by atoms with Crippen molar-refractivity contribution in [1.29, 1.82) is 0 Å². The van der Waals surface area contributed by atoms with Crippen molar-refractivity contribution in [3.8, 4) is 11.5 Å². The number of methoxy groups -OCH3 is 1. The van der Waals surface area contributed by atoms with E-state index >= 15 is 0 Å². The number of hydrogen-bond acceptors (Lipinski definition) is 7. The summed E-state index contributed by atoms with van der Waals surface area (Å²) in [5.74, 6) is -0.872. The molecule has 9 heteroatoms. The number of hydrogen-bond donors (Lipinski definition) is 2. The maximum atomic E-state index is 12.6. The minimum absolute atomic E-state index is 0.0385. The smallest absolute Gasteiger partial charge is 0.341 e. The highest BCUT2D eigenvalue weighted by Crippen LogP contribution is 2.29. The monoisotopic (exact) mass is 432 g/mol. The number of benzene rings is 2. The van der Waals surface area contributed by atoms with Crippen LogP contribution >= 0.6 is 22.9 Å². The fourth-order valence-electron chi connectivity index (χ4n) is 2.50. The standard InChI is InChI=1S/C20H17ClN2O5S/c1-11-18(29-16(22-11)10-28-13-8-6-12(21)7-9-13)19(25)23-15-5-3-4-14(17(15)24)20(26)27-2/h3-9,24H,10H2,1-2H3,(H,23,25). The molecule has 0 bridgehead atoms. The zero-order valence-electron chi connectivity index (χ0n) is 15.6. The van der Waals surface area contributed by atoms with Crippen LogP contribution in [0, 0.1) is 6.92 Å². The molecule has 0 radical (unpaired) electrons. The van der Waals surface area contributed by atoms with Gasteiger partial charge >= 0.3 is 5.97 Å². The second kappa shape index (κ2) is 8.93. The van der Waals surface area contributed by atoms with E-state index in [9.17, 15) is 14.7 Å². The summed E-state index contributed by atoms with van der Waals surface area (Å²) >= 11 is 7.03. The number of thiazole rings is 1. The van der Waals surface area contributed by atoms with Crippen molar-refractivity contribution >= 4 is 40.5 Å². The number of phenolic OH excluding ortho intramolecular Hbond substituents is 1. The molecule has 0 aliphatic carbocycles. The quantitative estimate of drug-likeness (QED) is 0.441. The molecule has 29 heavy (non-hydrogen) atoms. The van der Waals surface area contributed by atoms with Crippen LogP contribution in [0.15, 0.2) is 42.5 Å². The van der Waals surface area contributed by atoms with Crippen LogP contribution < -0.4 is 10.1 Å². The summed E-state index contributed by atoms with van der Waals surface area (Å²) in [5.41, 5.74) is 0.596. The molecule has 2 aromatic carbocycles. The van der Waals surface area contributed by atoms with Gasteiger partial charge in [0.25, 0.3) is 5.91 Å². The second-order valence-corrected chi connectivity index (χ2v) is 7.43. The lowest BCUT2D eigenvalue weighted by molar-refractivity contribution is 0.0597. The Morgan fingerprint density at radius 3 is 2.62 bits per heavy atom. The van der Waals surface area contributed by atoms with Crippen LogP contribution in [-0.2, 0) is 11.3 Å². The Kier molecular flexibility index (Phi) is 6.36. The summed E-state index contributed by atoms with van der Waals surface area (Å²) < 4.78 is 10.3. The van der Waals surface area contributed by atoms with E-state index in [1.165, 1.54) is 36.6 Å². The van der Waals surface area contributed by atoms with E-state index in [1.807, 2.05) is 0 Å². The van der Waals surface area contributed by atoms with Gasteiger partial charge in [0, 0.05) is 5.02 Å². The number of carbonyl (C=O) groups is 2. The zero-order chi connectivity index (χ0) is 21.0. The first kappa shape index (κ1) is 20.6. The van der Waals surface area contributed by atoms with Crippen molar-refractivity contribution in [3.05, 3.63) is 68.6 Å². The number of aryl methyl sites for hydroxylation is 1. The Bertz CT molecular complexity index is 1050. The maximum absolute atomic E-state index is 12.6. The fraction of sp³-hybridized carbons (Fsp3) is 0.150. The number of phenols is 1. The summed E-state index contributed by atoms with van der Waals surface area (Å²) in [4.78, 5) is 29.1. The molecule has 0 saturated carbocycles. The average Bonchev–Trinajstić information content (AvgIpc) is 3.09. The summed E-state index contributed by atoms with van der Waals surface area (Å²) in [7, 11) is 1.21. The molecular weight excluding hydrogens is 416 g/mol. The highest BCUT2D eigenvalue weighted by molar-refractivity contribution is 7.13. The molecule has 0 unspecified atom stereocenters. The number of amides is 1. The molecule has 0 saturated heterocycles. The molecular formula is C20H17ClN2O5S. The van der Waals surface area contributed by atoms with E-state index in [-0.39, 0.29) is 23.6 Å². The SMILES string of the molecule is COC(=O)c1cccc(NC(=O)c2sc(COc3ccc(Cl)cc3)nc2C)c1O. The number of ether oxygens (including phenoxy) is 2. The Hall–Kier alpha value is -3.10. The molecule has 1 aromatic heterocycles. The Morgan fingerprint density at radius 2 is 1.93 bits per heavy atom. The normalized spacial score (nSPS) is 10.4. The molecule has 7 nitrogen and oxygen atoms in total. The number of nitrogens with zero attached hydrogens (tertiary/aromatic N) is 1. The minimum atomic E-state index is -0.700. The van der Waals surface area contributed by atoms with Gasteiger partial charge in [-0.3, -0.25) is 4.79 Å². The molecule has 1 amide bonds. The van der Waals surface area contributed by atoms with Crippen LogP contribution in [0.5, 0.6) is 11.5 Å². The summed E-state index contributed by atoms with van der Waals surface area (Å²) in [5, 5.41) is 14.1. The van der Waals surface area contributed by atoms with Gasteiger partial charge in [-0.05, 0) is 43.3 Å². The number of nitrogens with one attached hydrogen (secondary N) is 1. The molecule has 3 rings (SSSR count). The summed E-state index contributed by atoms with van der Waals surface area (Å²) in [6.45, 7) is 1.91. The van der Waals surface area contributed by atoms with Crippen LogP contribution in [-0.4, -0.2) is 29.1 Å². The lowest BCUT2D eigenvalue weighted by Crippen LogP contribution is -2.12. The van der Waals surface area contributed by atoms with E-state index in [0.29, 0.717) is 26.4 Å². The van der Waals surface area contributed by atoms with Crippen LogP contribution in [0.4, 0.5) is 5.69 Å². The van der Waals surface area contributed by atoms with Crippen molar-refractivity contribution in [2.45, 2.75) is 13.5 Å². The van der Waals surface area contributed by atoms with Crippen molar-refractivity contribution in [1.82, 2.24) is 4.98 Å². The average molecular weight is 433 g/mol. The molecule has 0 fully saturated rings. The van der Waals surface area contributed by atoms with Crippen molar-refractivity contribution in [2.24, 2.45) is 0 Å². The van der Waals surface area contributed by atoms with Gasteiger partial charge in [-0.1, -0.05) is 17.7 Å². The van der Waals surface area contributed by atoms with Crippen molar-refractivity contribution in [2.75, 3.05) is 12.4 Å². The highest BCUT2D eigenvalue weighted by Gasteiger charge is 2.20. The van der Waals surface area contributed by atoms with Crippen molar-refractivity contribution in [3.63, 3.8) is 0 Å².